The van der Waals surface area contributed by atoms with Gasteiger partial charge in [-0.25, -0.2) is 4.98 Å². The van der Waals surface area contributed by atoms with E-state index in [1.165, 1.54) is 0 Å². The maximum Gasteiger partial charge on any atom is 0.267 e. The molecule has 0 bridgehead atoms. The smallest absolute Gasteiger partial charge is 0.267 e. The van der Waals surface area contributed by atoms with Crippen molar-refractivity contribution in [3.05, 3.63) is 53.2 Å². The Hall–Kier alpha value is -3.48. The zero-order chi connectivity index (χ0) is 19.5. The number of amides is 1. The molecule has 4 rings (SSSR count). The molecule has 0 atom stereocenters. The quantitative estimate of drug-likeness (QED) is 0.584. The second-order valence-electron chi connectivity index (χ2n) is 6.70. The lowest BCUT2D eigenvalue weighted by Crippen LogP contribution is -2.16. The number of imidazole rings is 1. The van der Waals surface area contributed by atoms with E-state index in [9.17, 15) is 4.79 Å². The molecule has 7 heteroatoms. The molecule has 4 aromatic rings. The van der Waals surface area contributed by atoms with Crippen molar-refractivity contribution in [1.29, 1.82) is 0 Å². The van der Waals surface area contributed by atoms with E-state index in [0.717, 1.165) is 39.2 Å². The van der Waals surface area contributed by atoms with Crippen LogP contribution in [0.15, 0.2) is 30.7 Å². The largest absolute Gasteiger partial charge is 0.496 e. The summed E-state index contributed by atoms with van der Waals surface area (Å²) in [6.45, 7) is 5.92. The molecule has 0 saturated carbocycles. The summed E-state index contributed by atoms with van der Waals surface area (Å²) in [5, 5.41) is 0. The van der Waals surface area contributed by atoms with Gasteiger partial charge in [0.05, 0.1) is 18.3 Å². The zero-order valence-corrected chi connectivity index (χ0v) is 15.7. The van der Waals surface area contributed by atoms with Gasteiger partial charge in [0.2, 0.25) is 0 Å². The van der Waals surface area contributed by atoms with Crippen LogP contribution < -0.4 is 16.2 Å². The van der Waals surface area contributed by atoms with E-state index in [-0.39, 0.29) is 5.69 Å². The van der Waals surface area contributed by atoms with Gasteiger partial charge in [-0.3, -0.25) is 4.79 Å². The molecule has 1 aromatic carbocycles. The summed E-state index contributed by atoms with van der Waals surface area (Å²) < 4.78 is 9.22. The first-order chi connectivity index (χ1) is 12.9. The number of nitrogen functional groups attached to an aromatic ring is 1. The van der Waals surface area contributed by atoms with Crippen molar-refractivity contribution in [2.75, 3.05) is 12.8 Å². The SMILES string of the molecule is COc1ccc(C)c(-c2c(N)c(C(N)=O)n3cc(C)n4ccnc4c23)c1C. The van der Waals surface area contributed by atoms with E-state index in [0.29, 0.717) is 11.3 Å². The van der Waals surface area contributed by atoms with Crippen molar-refractivity contribution in [1.82, 2.24) is 13.8 Å². The second kappa shape index (κ2) is 5.77. The van der Waals surface area contributed by atoms with Crippen LogP contribution in [0.5, 0.6) is 5.75 Å². The molecule has 7 nitrogen and oxygen atoms in total. The highest BCUT2D eigenvalue weighted by atomic mass is 16.5. The number of rotatable bonds is 3. The molecule has 3 aromatic heterocycles. The lowest BCUT2D eigenvalue weighted by Gasteiger charge is -2.14. The minimum Gasteiger partial charge on any atom is -0.496 e. The van der Waals surface area contributed by atoms with Crippen LogP contribution in [0, 0.1) is 20.8 Å². The topological polar surface area (TPSA) is 100 Å². The summed E-state index contributed by atoms with van der Waals surface area (Å²) in [6.07, 6.45) is 5.46. The Bertz CT molecular complexity index is 1230. The van der Waals surface area contributed by atoms with E-state index >= 15 is 0 Å². The van der Waals surface area contributed by atoms with Gasteiger partial charge < -0.3 is 25.0 Å². The Kier molecular flexibility index (Phi) is 3.62. The normalized spacial score (nSPS) is 11.4. The van der Waals surface area contributed by atoms with Crippen LogP contribution in [0.25, 0.3) is 22.3 Å². The summed E-state index contributed by atoms with van der Waals surface area (Å²) in [5.41, 5.74) is 18.8. The number of hydrogen-bond donors (Lipinski definition) is 2. The lowest BCUT2D eigenvalue weighted by molar-refractivity contribution is 0.0996. The van der Waals surface area contributed by atoms with Crippen molar-refractivity contribution in [3.63, 3.8) is 0 Å². The maximum absolute atomic E-state index is 12.2. The number of carbonyl (C=O) groups is 1. The number of nitrogens with zero attached hydrogens (tertiary/aromatic N) is 3. The monoisotopic (exact) mass is 363 g/mol. The number of fused-ring (bicyclic) bond motifs is 3. The van der Waals surface area contributed by atoms with E-state index in [1.807, 2.05) is 49.7 Å². The van der Waals surface area contributed by atoms with Gasteiger partial charge in [0.1, 0.15) is 11.4 Å². The number of anilines is 1. The van der Waals surface area contributed by atoms with Crippen LogP contribution in [-0.2, 0) is 0 Å². The molecule has 0 saturated heterocycles. The zero-order valence-electron chi connectivity index (χ0n) is 15.7. The van der Waals surface area contributed by atoms with Crippen LogP contribution >= 0.6 is 0 Å². The molecule has 0 fully saturated rings. The third-order valence-electron chi connectivity index (χ3n) is 5.12. The van der Waals surface area contributed by atoms with Gasteiger partial charge in [0.25, 0.3) is 5.91 Å². The fourth-order valence-corrected chi connectivity index (χ4v) is 3.91. The fraction of sp³-hybridized carbons (Fsp3) is 0.200. The molecule has 0 aliphatic carbocycles. The molecule has 4 N–H and O–H groups in total. The van der Waals surface area contributed by atoms with Gasteiger partial charge in [-0.2, -0.15) is 0 Å². The minimum absolute atomic E-state index is 0.259. The van der Waals surface area contributed by atoms with Crippen molar-refractivity contribution in [2.24, 2.45) is 5.73 Å². The number of aromatic nitrogens is 3. The van der Waals surface area contributed by atoms with Gasteiger partial charge in [-0.05, 0) is 43.5 Å². The predicted molar refractivity (Wildman–Crippen MR) is 105 cm³/mol. The second-order valence-corrected chi connectivity index (χ2v) is 6.70. The average molecular weight is 363 g/mol. The number of ether oxygens (including phenoxy) is 1. The standard InChI is InChI=1S/C20H21N5O2/c1-10-5-6-13(27-4)12(3)14(10)15-16(21)18(19(22)26)25-9-11(2)24-8-7-23-20(24)17(15)25/h5-9H,21H2,1-4H3,(H2,22,26). The Morgan fingerprint density at radius 2 is 1.89 bits per heavy atom. The minimum atomic E-state index is -0.581. The van der Waals surface area contributed by atoms with Crippen LogP contribution in [0.3, 0.4) is 0 Å². The number of primary amides is 1. The fourth-order valence-electron chi connectivity index (χ4n) is 3.91. The maximum atomic E-state index is 12.2. The number of aryl methyl sites for hydroxylation is 2. The van der Waals surface area contributed by atoms with Gasteiger partial charge in [0.15, 0.2) is 5.65 Å². The molecule has 138 valence electrons. The van der Waals surface area contributed by atoms with Crippen molar-refractivity contribution < 1.29 is 9.53 Å². The van der Waals surface area contributed by atoms with E-state index in [1.54, 1.807) is 17.7 Å². The molecule has 0 aliphatic rings. The van der Waals surface area contributed by atoms with E-state index in [2.05, 4.69) is 4.98 Å². The van der Waals surface area contributed by atoms with E-state index < -0.39 is 5.91 Å². The first-order valence-corrected chi connectivity index (χ1v) is 8.57. The van der Waals surface area contributed by atoms with Gasteiger partial charge in [-0.1, -0.05) is 6.07 Å². The average Bonchev–Trinajstić information content (AvgIpc) is 3.19. The van der Waals surface area contributed by atoms with E-state index in [4.69, 9.17) is 16.2 Å². The molecule has 3 heterocycles. The summed E-state index contributed by atoms with van der Waals surface area (Å²) in [5.74, 6) is 0.170. The number of methoxy groups -OCH3 is 1. The Balaban J connectivity index is 2.28. The molecule has 0 radical (unpaired) electrons. The molecule has 27 heavy (non-hydrogen) atoms. The first kappa shape index (κ1) is 17.0. The summed E-state index contributed by atoms with van der Waals surface area (Å²) in [6, 6.07) is 3.90. The highest BCUT2D eigenvalue weighted by molar-refractivity contribution is 6.09. The number of hydrogen-bond acceptors (Lipinski definition) is 4. The van der Waals surface area contributed by atoms with Crippen molar-refractivity contribution in [2.45, 2.75) is 20.8 Å². The highest BCUT2D eigenvalue weighted by Crippen LogP contribution is 2.42. The third-order valence-corrected chi connectivity index (χ3v) is 5.12. The van der Waals surface area contributed by atoms with Crippen molar-refractivity contribution in [3.8, 4) is 16.9 Å². The molecular formula is C20H21N5O2. The first-order valence-electron chi connectivity index (χ1n) is 8.57. The summed E-state index contributed by atoms with van der Waals surface area (Å²) >= 11 is 0. The summed E-state index contributed by atoms with van der Waals surface area (Å²) in [4.78, 5) is 16.7. The number of carbonyl (C=O) groups excluding carboxylic acids is 1. The van der Waals surface area contributed by atoms with Crippen LogP contribution in [0.1, 0.15) is 27.3 Å². The molecule has 0 spiro atoms. The summed E-state index contributed by atoms with van der Waals surface area (Å²) in [7, 11) is 1.63. The van der Waals surface area contributed by atoms with Gasteiger partial charge >= 0.3 is 0 Å². The molecular weight excluding hydrogens is 342 g/mol. The lowest BCUT2D eigenvalue weighted by atomic mass is 9.94. The van der Waals surface area contributed by atoms with Crippen LogP contribution in [0.2, 0.25) is 0 Å². The Morgan fingerprint density at radius 1 is 1.15 bits per heavy atom. The molecule has 0 aliphatic heterocycles. The van der Waals surface area contributed by atoms with Crippen LogP contribution in [-0.4, -0.2) is 26.8 Å². The highest BCUT2D eigenvalue weighted by Gasteiger charge is 2.26. The number of benzene rings is 1. The Morgan fingerprint density at radius 3 is 2.56 bits per heavy atom. The predicted octanol–water partition coefficient (Wildman–Crippen LogP) is 2.87. The Labute approximate surface area is 156 Å². The van der Waals surface area contributed by atoms with Gasteiger partial charge in [0, 0.05) is 29.8 Å². The van der Waals surface area contributed by atoms with Crippen LogP contribution in [0.4, 0.5) is 5.69 Å². The van der Waals surface area contributed by atoms with Gasteiger partial charge in [-0.15, -0.1) is 0 Å². The molecule has 0 unspecified atom stereocenters. The number of nitrogens with two attached hydrogens (primary N) is 2. The third kappa shape index (κ3) is 2.21. The van der Waals surface area contributed by atoms with Crippen molar-refractivity contribution >= 4 is 22.8 Å². The molecule has 1 amide bonds.